The van der Waals surface area contributed by atoms with Crippen molar-refractivity contribution in [2.24, 2.45) is 11.8 Å². The monoisotopic (exact) mass is 307 g/mol. The largest absolute Gasteiger partial charge is 0.508 e. The number of fused-ring (bicyclic) bond motifs is 1. The molecule has 1 aromatic rings. The van der Waals surface area contributed by atoms with E-state index in [-0.39, 0.29) is 11.3 Å². The highest BCUT2D eigenvalue weighted by atomic mass is 32.2. The highest BCUT2D eigenvalue weighted by Crippen LogP contribution is 2.51. The van der Waals surface area contributed by atoms with Crippen molar-refractivity contribution in [1.82, 2.24) is 4.72 Å². The first-order valence-corrected chi connectivity index (χ1v) is 9.46. The molecule has 0 aromatic heterocycles. The minimum atomic E-state index is -3.13. The van der Waals surface area contributed by atoms with Crippen LogP contribution in [-0.2, 0) is 22.9 Å². The van der Waals surface area contributed by atoms with E-state index in [1.807, 2.05) is 12.1 Å². The van der Waals surface area contributed by atoms with Crippen molar-refractivity contribution >= 4 is 10.0 Å². The summed E-state index contributed by atoms with van der Waals surface area (Å²) in [6.45, 7) is 0. The lowest BCUT2D eigenvalue weighted by Crippen LogP contribution is -2.58. The first kappa shape index (κ1) is 13.6. The summed E-state index contributed by atoms with van der Waals surface area (Å²) >= 11 is 0. The summed E-state index contributed by atoms with van der Waals surface area (Å²) in [4.78, 5) is 0. The van der Waals surface area contributed by atoms with Gasteiger partial charge in [-0.3, -0.25) is 0 Å². The summed E-state index contributed by atoms with van der Waals surface area (Å²) in [7, 11) is -3.13. The first-order chi connectivity index (χ1) is 9.98. The number of hydrogen-bond donors (Lipinski definition) is 2. The predicted molar refractivity (Wildman–Crippen MR) is 80.6 cm³/mol. The van der Waals surface area contributed by atoms with Gasteiger partial charge in [-0.2, -0.15) is 0 Å². The van der Waals surface area contributed by atoms with E-state index >= 15 is 0 Å². The zero-order valence-electron chi connectivity index (χ0n) is 12.0. The number of hydrogen-bond acceptors (Lipinski definition) is 3. The Labute approximate surface area is 125 Å². The zero-order chi connectivity index (χ0) is 14.7. The number of phenolic OH excluding ortho intramolecular Hbond substituents is 1. The van der Waals surface area contributed by atoms with Crippen LogP contribution in [-0.4, -0.2) is 24.8 Å². The minimum Gasteiger partial charge on any atom is -0.508 e. The molecule has 21 heavy (non-hydrogen) atoms. The molecule has 1 spiro atoms. The first-order valence-electron chi connectivity index (χ1n) is 7.81. The maximum absolute atomic E-state index is 12.1. The molecule has 1 saturated carbocycles. The van der Waals surface area contributed by atoms with E-state index in [9.17, 15) is 13.5 Å². The van der Waals surface area contributed by atoms with E-state index in [1.165, 1.54) is 11.1 Å². The van der Waals surface area contributed by atoms with Crippen molar-refractivity contribution in [3.05, 3.63) is 29.3 Å². The normalized spacial score (nSPS) is 37.1. The van der Waals surface area contributed by atoms with E-state index in [0.717, 1.165) is 38.5 Å². The number of rotatable bonds is 0. The van der Waals surface area contributed by atoms with E-state index < -0.39 is 10.0 Å². The summed E-state index contributed by atoms with van der Waals surface area (Å²) in [5, 5.41) is 9.72. The van der Waals surface area contributed by atoms with Gasteiger partial charge >= 0.3 is 0 Å². The summed E-state index contributed by atoms with van der Waals surface area (Å²) in [6, 6.07) is 5.62. The fourth-order valence-corrected chi connectivity index (χ4v) is 6.51. The lowest BCUT2D eigenvalue weighted by molar-refractivity contribution is 0.196. The summed E-state index contributed by atoms with van der Waals surface area (Å²) in [6.07, 6.45) is 5.72. The molecular weight excluding hydrogens is 286 g/mol. The molecule has 2 fully saturated rings. The van der Waals surface area contributed by atoms with Crippen LogP contribution in [0.3, 0.4) is 0 Å². The SMILES string of the molecule is O=S1(=O)CCC[C@@]2(N1)[C@@H]1CC[C@H]2Cc2cc(O)ccc2C1. The van der Waals surface area contributed by atoms with Gasteiger partial charge in [-0.1, -0.05) is 6.07 Å². The molecule has 4 nitrogen and oxygen atoms in total. The Morgan fingerprint density at radius 1 is 1.14 bits per heavy atom. The lowest BCUT2D eigenvalue weighted by atomic mass is 9.76. The molecule has 2 bridgehead atoms. The number of phenols is 1. The third-order valence-corrected chi connectivity index (χ3v) is 7.31. The maximum atomic E-state index is 12.1. The Bertz CT molecular complexity index is 685. The van der Waals surface area contributed by atoms with Gasteiger partial charge in [-0.15, -0.1) is 0 Å². The molecule has 1 aliphatic heterocycles. The van der Waals surface area contributed by atoms with Crippen LogP contribution in [0.4, 0.5) is 0 Å². The number of benzene rings is 1. The fourth-order valence-electron chi connectivity index (χ4n) is 4.87. The van der Waals surface area contributed by atoms with Crippen LogP contribution in [0.5, 0.6) is 5.75 Å². The quantitative estimate of drug-likeness (QED) is 0.770. The Morgan fingerprint density at radius 3 is 2.57 bits per heavy atom. The Balaban J connectivity index is 1.77. The molecule has 3 atom stereocenters. The summed E-state index contributed by atoms with van der Waals surface area (Å²) < 4.78 is 27.3. The molecule has 1 saturated heterocycles. The van der Waals surface area contributed by atoms with Crippen molar-refractivity contribution < 1.29 is 13.5 Å². The van der Waals surface area contributed by atoms with Gasteiger partial charge in [0, 0.05) is 5.54 Å². The zero-order valence-corrected chi connectivity index (χ0v) is 12.8. The molecule has 5 heteroatoms. The topological polar surface area (TPSA) is 66.4 Å². The van der Waals surface area contributed by atoms with Gasteiger partial charge < -0.3 is 5.11 Å². The average Bonchev–Trinajstić information content (AvgIpc) is 2.61. The van der Waals surface area contributed by atoms with Crippen molar-refractivity contribution in [2.75, 3.05) is 5.75 Å². The van der Waals surface area contributed by atoms with Crippen LogP contribution < -0.4 is 4.72 Å². The lowest BCUT2D eigenvalue weighted by Gasteiger charge is -2.42. The Hall–Kier alpha value is -1.07. The van der Waals surface area contributed by atoms with Crippen LogP contribution in [0.2, 0.25) is 0 Å². The second-order valence-corrected chi connectivity index (χ2v) is 8.74. The van der Waals surface area contributed by atoms with Gasteiger partial charge in [0.2, 0.25) is 10.0 Å². The number of aromatic hydroxyl groups is 1. The maximum Gasteiger partial charge on any atom is 0.212 e. The predicted octanol–water partition coefficient (Wildman–Crippen LogP) is 1.97. The van der Waals surface area contributed by atoms with Crippen molar-refractivity contribution in [1.29, 1.82) is 0 Å². The highest BCUT2D eigenvalue weighted by molar-refractivity contribution is 7.89. The molecule has 1 aromatic carbocycles. The van der Waals surface area contributed by atoms with Gasteiger partial charge in [0.05, 0.1) is 5.75 Å². The molecule has 4 rings (SSSR count). The van der Waals surface area contributed by atoms with Crippen LogP contribution in [0, 0.1) is 11.8 Å². The molecule has 2 aliphatic carbocycles. The van der Waals surface area contributed by atoms with Gasteiger partial charge in [-0.05, 0) is 73.6 Å². The number of nitrogens with one attached hydrogen (secondary N) is 1. The van der Waals surface area contributed by atoms with Gasteiger partial charge in [0.1, 0.15) is 5.75 Å². The van der Waals surface area contributed by atoms with Gasteiger partial charge in [0.15, 0.2) is 0 Å². The van der Waals surface area contributed by atoms with Crippen LogP contribution in [0.15, 0.2) is 18.2 Å². The molecular formula is C16H21NO3S. The smallest absolute Gasteiger partial charge is 0.212 e. The summed E-state index contributed by atoms with van der Waals surface area (Å²) in [5.41, 5.74) is 2.24. The molecule has 3 aliphatic rings. The van der Waals surface area contributed by atoms with Crippen molar-refractivity contribution in [2.45, 2.75) is 44.1 Å². The van der Waals surface area contributed by atoms with Crippen molar-refractivity contribution in [3.63, 3.8) is 0 Å². The number of sulfonamides is 1. The fraction of sp³-hybridized carbons (Fsp3) is 0.625. The van der Waals surface area contributed by atoms with Crippen LogP contribution >= 0.6 is 0 Å². The van der Waals surface area contributed by atoms with Crippen LogP contribution in [0.25, 0.3) is 0 Å². The molecule has 0 unspecified atom stereocenters. The van der Waals surface area contributed by atoms with E-state index in [1.54, 1.807) is 6.07 Å². The minimum absolute atomic E-state index is 0.244. The van der Waals surface area contributed by atoms with Crippen LogP contribution in [0.1, 0.15) is 36.8 Å². The van der Waals surface area contributed by atoms with E-state index in [4.69, 9.17) is 0 Å². The standard InChI is InChI=1S/C16H21NO3S/c18-15-5-2-11-8-13-3-4-14(9-12(11)10-15)16(13)6-1-7-21(19,20)17-16/h2,5,10,13-14,17-18H,1,3-4,6-9H2/t13-,14+,16-/m1/s1. The Morgan fingerprint density at radius 2 is 1.86 bits per heavy atom. The molecule has 0 amide bonds. The average molecular weight is 307 g/mol. The molecule has 114 valence electrons. The third-order valence-electron chi connectivity index (χ3n) is 5.79. The summed E-state index contributed by atoms with van der Waals surface area (Å²) in [5.74, 6) is 1.33. The molecule has 2 N–H and O–H groups in total. The van der Waals surface area contributed by atoms with E-state index in [0.29, 0.717) is 17.6 Å². The second-order valence-electron chi connectivity index (χ2n) is 6.90. The highest BCUT2D eigenvalue weighted by Gasteiger charge is 2.54. The van der Waals surface area contributed by atoms with Crippen molar-refractivity contribution in [3.8, 4) is 5.75 Å². The second kappa shape index (κ2) is 4.46. The third kappa shape index (κ3) is 2.09. The Kier molecular flexibility index (Phi) is 2.89. The van der Waals surface area contributed by atoms with E-state index in [2.05, 4.69) is 4.72 Å². The van der Waals surface area contributed by atoms with Gasteiger partial charge in [-0.25, -0.2) is 13.1 Å². The molecule has 0 radical (unpaired) electrons. The van der Waals surface area contributed by atoms with Gasteiger partial charge in [0.25, 0.3) is 0 Å². The molecule has 1 heterocycles.